The highest BCUT2D eigenvalue weighted by atomic mass is 35.5. The molecule has 1 aliphatic heterocycles. The van der Waals surface area contributed by atoms with Crippen molar-refractivity contribution < 1.29 is 9.59 Å². The zero-order chi connectivity index (χ0) is 24.5. The molecule has 3 aromatic rings. The second-order valence-corrected chi connectivity index (χ2v) is 8.09. The second kappa shape index (κ2) is 11.9. The minimum atomic E-state index is -0.438. The average Bonchev–Trinajstić information content (AvgIpc) is 3.19. The van der Waals surface area contributed by atoms with Crippen molar-refractivity contribution in [2.75, 3.05) is 11.9 Å². The van der Waals surface area contributed by atoms with Crippen LogP contribution in [0, 0.1) is 11.3 Å². The Morgan fingerprint density at radius 1 is 1.32 bits per heavy atom. The molecule has 0 fully saturated rings. The van der Waals surface area contributed by atoms with Crippen LogP contribution in [0.4, 0.5) is 10.5 Å². The Bertz CT molecular complexity index is 1290. The van der Waals surface area contributed by atoms with Gasteiger partial charge in [-0.3, -0.25) is 9.78 Å². The fourth-order valence-corrected chi connectivity index (χ4v) is 3.59. The summed E-state index contributed by atoms with van der Waals surface area (Å²) in [6.07, 6.45) is 4.94. The van der Waals surface area contributed by atoms with E-state index in [1.165, 1.54) is 5.01 Å². The van der Waals surface area contributed by atoms with Gasteiger partial charge in [-0.2, -0.15) is 19.8 Å². The van der Waals surface area contributed by atoms with Crippen molar-refractivity contribution >= 4 is 64.3 Å². The Hall–Kier alpha value is -3.85. The summed E-state index contributed by atoms with van der Waals surface area (Å²) < 4.78 is 3.77. The fraction of sp³-hybridized carbons (Fsp3) is 0.0952. The van der Waals surface area contributed by atoms with Gasteiger partial charge in [0.1, 0.15) is 16.0 Å². The predicted molar refractivity (Wildman–Crippen MR) is 131 cm³/mol. The third kappa shape index (κ3) is 6.58. The van der Waals surface area contributed by atoms with Crippen LogP contribution in [0.1, 0.15) is 27.7 Å². The molecule has 10 nitrogen and oxygen atoms in total. The van der Waals surface area contributed by atoms with Crippen LogP contribution in [-0.2, 0) is 0 Å². The lowest BCUT2D eigenvalue weighted by atomic mass is 10.2. The highest BCUT2D eigenvalue weighted by Gasteiger charge is 2.18. The molecular formula is C21H16Cl2N8O2S. The molecule has 0 bridgehead atoms. The van der Waals surface area contributed by atoms with Crippen molar-refractivity contribution in [2.24, 2.45) is 10.2 Å². The van der Waals surface area contributed by atoms with E-state index in [1.807, 2.05) is 25.1 Å². The predicted octanol–water partition coefficient (Wildman–Crippen LogP) is 4.39. The molecular weight excluding hydrogens is 499 g/mol. The minimum absolute atomic E-state index is 0.0976. The van der Waals surface area contributed by atoms with Gasteiger partial charge in [0.25, 0.3) is 5.91 Å². The molecule has 0 atom stereocenters. The molecule has 4 rings (SSSR count). The molecule has 34 heavy (non-hydrogen) atoms. The molecule has 0 radical (unpaired) electrons. The number of hydrogen-bond donors (Lipinski definition) is 2. The first-order valence-corrected chi connectivity index (χ1v) is 11.1. The number of rotatable bonds is 4. The number of nitriles is 1. The van der Waals surface area contributed by atoms with Crippen LogP contribution in [-0.4, -0.2) is 44.8 Å². The van der Waals surface area contributed by atoms with E-state index in [-0.39, 0.29) is 21.1 Å². The number of aromatic nitrogens is 2. The van der Waals surface area contributed by atoms with Gasteiger partial charge in [0, 0.05) is 18.0 Å². The topological polar surface area (TPSA) is 136 Å². The van der Waals surface area contributed by atoms with Gasteiger partial charge in [0.2, 0.25) is 0 Å². The third-order valence-electron chi connectivity index (χ3n) is 4.09. The number of hydrazone groups is 2. The zero-order valence-corrected chi connectivity index (χ0v) is 19.9. The van der Waals surface area contributed by atoms with E-state index in [2.05, 4.69) is 30.3 Å². The molecule has 13 heteroatoms. The summed E-state index contributed by atoms with van der Waals surface area (Å²) in [5, 5.41) is 20.9. The van der Waals surface area contributed by atoms with Crippen molar-refractivity contribution in [3.05, 3.63) is 75.0 Å². The number of para-hydroxylation sites is 1. The van der Waals surface area contributed by atoms with Gasteiger partial charge in [-0.15, -0.1) is 0 Å². The Labute approximate surface area is 208 Å². The number of pyridine rings is 1. The molecule has 3 amide bonds. The largest absolute Gasteiger partial charge is 0.358 e. The lowest BCUT2D eigenvalue weighted by Gasteiger charge is -2.20. The van der Waals surface area contributed by atoms with Gasteiger partial charge in [-0.05, 0) is 36.7 Å². The van der Waals surface area contributed by atoms with Crippen LogP contribution < -0.4 is 10.7 Å². The molecule has 2 aromatic heterocycles. The maximum atomic E-state index is 11.9. The number of halogens is 2. The van der Waals surface area contributed by atoms with E-state index in [4.69, 9.17) is 28.5 Å². The summed E-state index contributed by atoms with van der Waals surface area (Å²) in [7, 11) is 0. The lowest BCUT2D eigenvalue weighted by Crippen LogP contribution is -2.42. The molecule has 2 N–H and O–H groups in total. The highest BCUT2D eigenvalue weighted by molar-refractivity contribution is 7.09. The molecule has 0 saturated heterocycles. The minimum Gasteiger partial charge on any atom is -0.320 e. The summed E-state index contributed by atoms with van der Waals surface area (Å²) in [6.45, 7) is 2.23. The van der Waals surface area contributed by atoms with Crippen LogP contribution in [0.3, 0.4) is 0 Å². The number of carbonyl (C=O) groups is 2. The number of anilines is 1. The van der Waals surface area contributed by atoms with Gasteiger partial charge >= 0.3 is 6.03 Å². The zero-order valence-electron chi connectivity index (χ0n) is 17.6. The monoisotopic (exact) mass is 514 g/mol. The molecule has 0 unspecified atom stereocenters. The van der Waals surface area contributed by atoms with Crippen molar-refractivity contribution in [2.45, 2.75) is 6.92 Å². The van der Waals surface area contributed by atoms with E-state index in [9.17, 15) is 9.59 Å². The van der Waals surface area contributed by atoms with Crippen LogP contribution in [0.15, 0.2) is 59.0 Å². The SMILES string of the molecule is CC1=NNC(=O)N(/N=C/c2cccnc2)C1.N#Cc1ccccc1NC(=O)c1snc(Cl)c1Cl. The molecule has 0 saturated carbocycles. The third-order valence-corrected chi connectivity index (χ3v) is 5.88. The lowest BCUT2D eigenvalue weighted by molar-refractivity contribution is 0.103. The summed E-state index contributed by atoms with van der Waals surface area (Å²) in [6, 6.07) is 12.0. The maximum absolute atomic E-state index is 11.9. The standard InChI is InChI=1S/C11H5Cl2N3OS.C10H11N5O/c12-8-9(18-16-10(8)13)11(17)15-7-4-2-1-3-6(7)5-14;1-8-7-15(10(16)14-13-8)12-6-9-3-2-4-11-5-9/h1-4H,(H,15,17);2-6H,7H2,1H3,(H,14,16)/b;12-6+. The molecule has 1 aliphatic rings. The van der Waals surface area contributed by atoms with Crippen LogP contribution in [0.2, 0.25) is 10.2 Å². The average molecular weight is 515 g/mol. The molecule has 172 valence electrons. The van der Waals surface area contributed by atoms with Gasteiger partial charge in [0.15, 0.2) is 5.15 Å². The summed E-state index contributed by atoms with van der Waals surface area (Å²) in [4.78, 5) is 27.4. The van der Waals surface area contributed by atoms with E-state index < -0.39 is 5.91 Å². The van der Waals surface area contributed by atoms with Crippen molar-refractivity contribution in [1.29, 1.82) is 5.26 Å². The smallest absolute Gasteiger partial charge is 0.320 e. The first-order valence-electron chi connectivity index (χ1n) is 9.55. The normalized spacial score (nSPS) is 12.8. The van der Waals surface area contributed by atoms with Gasteiger partial charge in [-0.25, -0.2) is 15.2 Å². The van der Waals surface area contributed by atoms with E-state index >= 15 is 0 Å². The molecule has 3 heterocycles. The quantitative estimate of drug-likeness (QED) is 0.497. The number of hydrogen-bond acceptors (Lipinski definition) is 8. The van der Waals surface area contributed by atoms with E-state index in [0.29, 0.717) is 17.8 Å². The number of benzene rings is 1. The summed E-state index contributed by atoms with van der Waals surface area (Å²) in [5.41, 5.74) is 4.81. The van der Waals surface area contributed by atoms with Gasteiger partial charge in [-0.1, -0.05) is 41.4 Å². The van der Waals surface area contributed by atoms with Crippen molar-refractivity contribution in [3.63, 3.8) is 0 Å². The Balaban J connectivity index is 0.000000192. The van der Waals surface area contributed by atoms with Crippen LogP contribution in [0.25, 0.3) is 0 Å². The van der Waals surface area contributed by atoms with Gasteiger partial charge < -0.3 is 5.32 Å². The highest BCUT2D eigenvalue weighted by Crippen LogP contribution is 2.29. The molecule has 0 spiro atoms. The fourth-order valence-electron chi connectivity index (χ4n) is 2.48. The molecule has 0 aliphatic carbocycles. The Morgan fingerprint density at radius 2 is 2.12 bits per heavy atom. The summed E-state index contributed by atoms with van der Waals surface area (Å²) >= 11 is 12.4. The number of nitrogens with zero attached hydrogens (tertiary/aromatic N) is 6. The van der Waals surface area contributed by atoms with Crippen LogP contribution in [0.5, 0.6) is 0 Å². The van der Waals surface area contributed by atoms with Crippen LogP contribution >= 0.6 is 34.7 Å². The van der Waals surface area contributed by atoms with Crippen molar-refractivity contribution in [3.8, 4) is 6.07 Å². The van der Waals surface area contributed by atoms with Crippen molar-refractivity contribution in [1.82, 2.24) is 19.8 Å². The number of nitrogens with one attached hydrogen (secondary N) is 2. The number of urea groups is 1. The molecule has 1 aromatic carbocycles. The Kier molecular flexibility index (Phi) is 8.64. The second-order valence-electron chi connectivity index (χ2n) is 6.58. The van der Waals surface area contributed by atoms with E-state index in [0.717, 1.165) is 22.8 Å². The first-order chi connectivity index (χ1) is 16.4. The summed E-state index contributed by atoms with van der Waals surface area (Å²) in [5.74, 6) is -0.438. The van der Waals surface area contributed by atoms with Gasteiger partial charge in [0.05, 0.1) is 29.7 Å². The number of carbonyl (C=O) groups excluding carboxylic acids is 2. The first kappa shape index (κ1) is 24.8. The number of amides is 3. The maximum Gasteiger partial charge on any atom is 0.358 e. The Morgan fingerprint density at radius 3 is 2.79 bits per heavy atom. The van der Waals surface area contributed by atoms with E-state index in [1.54, 1.807) is 42.9 Å².